The van der Waals surface area contributed by atoms with Gasteiger partial charge in [0.05, 0.1) is 24.2 Å². The van der Waals surface area contributed by atoms with E-state index in [1.165, 1.54) is 11.1 Å². The number of allylic oxidation sites excluding steroid dienone is 1. The highest BCUT2D eigenvalue weighted by atomic mass is 35.5. The van der Waals surface area contributed by atoms with E-state index in [1.54, 1.807) is 25.3 Å². The summed E-state index contributed by atoms with van der Waals surface area (Å²) in [7, 11) is -2.47. The molecule has 8 nitrogen and oxygen atoms in total. The van der Waals surface area contributed by atoms with Crippen molar-refractivity contribution >= 4 is 33.2 Å². The number of benzene rings is 3. The Balaban J connectivity index is 1.32. The smallest absolute Gasteiger partial charge is 0.264 e. The third-order valence-electron chi connectivity index (χ3n) is 11.9. The first-order chi connectivity index (χ1) is 24.1. The van der Waals surface area contributed by atoms with Crippen LogP contribution in [-0.2, 0) is 33.0 Å². The third kappa shape index (κ3) is 6.58. The predicted molar refractivity (Wildman–Crippen MR) is 196 cm³/mol. The molecule has 0 unspecified atom stereocenters. The summed E-state index contributed by atoms with van der Waals surface area (Å²) in [6.07, 6.45) is 9.37. The van der Waals surface area contributed by atoms with Gasteiger partial charge in [-0.1, -0.05) is 67.1 Å². The molecule has 266 valence electrons. The van der Waals surface area contributed by atoms with Gasteiger partial charge in [0.2, 0.25) is 10.0 Å². The van der Waals surface area contributed by atoms with E-state index in [2.05, 4.69) is 21.8 Å². The lowest BCUT2D eigenvalue weighted by atomic mass is 9.64. The average molecular weight is 719 g/mol. The van der Waals surface area contributed by atoms with Gasteiger partial charge in [-0.2, -0.15) is 0 Å². The molecule has 1 amide bonds. The molecular formula is C40H47ClN2O6S. The second kappa shape index (κ2) is 14.0. The first kappa shape index (κ1) is 35.1. The van der Waals surface area contributed by atoms with Crippen molar-refractivity contribution in [2.45, 2.75) is 68.1 Å². The van der Waals surface area contributed by atoms with Gasteiger partial charge in [-0.25, -0.2) is 13.1 Å². The number of fused-ring (bicyclic) bond motifs is 4. The quantitative estimate of drug-likeness (QED) is 0.298. The number of rotatable bonds is 4. The Morgan fingerprint density at radius 1 is 1.10 bits per heavy atom. The Kier molecular flexibility index (Phi) is 9.80. The van der Waals surface area contributed by atoms with Crippen LogP contribution in [0.25, 0.3) is 0 Å². The molecule has 2 bridgehead atoms. The summed E-state index contributed by atoms with van der Waals surface area (Å²) in [6, 6.07) is 20.9. The number of methoxy groups -OCH3 is 1. The Bertz CT molecular complexity index is 1860. The SMILES string of the molecule is CO[C@]1(CO)/C=C/C[C@H](C)[C@@H](Cc2ccccc2)S(=O)(=O)NC(=O)c2ccc3c(c2)N(C[C@@H]2CC[C@H]21)C[C@@]1(CCCc2cc(Cl)ccc21)CO3. The molecule has 3 aromatic carbocycles. The molecule has 1 fully saturated rings. The van der Waals surface area contributed by atoms with Gasteiger partial charge in [0.1, 0.15) is 11.4 Å². The van der Waals surface area contributed by atoms with E-state index >= 15 is 0 Å². The third-order valence-corrected chi connectivity index (χ3v) is 14.0. The molecule has 2 aliphatic heterocycles. The fourth-order valence-electron chi connectivity index (χ4n) is 8.91. The second-order valence-corrected chi connectivity index (χ2v) is 17.2. The molecule has 2 aliphatic carbocycles. The highest BCUT2D eigenvalue weighted by Crippen LogP contribution is 2.49. The summed E-state index contributed by atoms with van der Waals surface area (Å²) in [4.78, 5) is 16.2. The minimum absolute atomic E-state index is 0.0494. The molecule has 1 saturated carbocycles. The molecule has 10 heteroatoms. The van der Waals surface area contributed by atoms with E-state index in [-0.39, 0.29) is 41.8 Å². The van der Waals surface area contributed by atoms with Crippen molar-refractivity contribution in [1.29, 1.82) is 0 Å². The van der Waals surface area contributed by atoms with Crippen molar-refractivity contribution in [3.63, 3.8) is 0 Å². The molecule has 6 atom stereocenters. The van der Waals surface area contributed by atoms with Crippen LogP contribution in [0.1, 0.15) is 66.1 Å². The number of nitrogens with one attached hydrogen (secondary N) is 1. The average Bonchev–Trinajstić information content (AvgIpc) is 3.24. The summed E-state index contributed by atoms with van der Waals surface area (Å²) in [5.41, 5.74) is 3.17. The summed E-state index contributed by atoms with van der Waals surface area (Å²) < 4.78 is 43.4. The Morgan fingerprint density at radius 2 is 1.92 bits per heavy atom. The maximum Gasteiger partial charge on any atom is 0.264 e. The molecule has 3 aromatic rings. The topological polar surface area (TPSA) is 105 Å². The fourth-order valence-corrected chi connectivity index (χ4v) is 10.8. The minimum Gasteiger partial charge on any atom is -0.490 e. The number of nitrogens with zero attached hydrogens (tertiary/aromatic N) is 1. The van der Waals surface area contributed by atoms with Crippen molar-refractivity contribution in [3.05, 3.63) is 106 Å². The molecule has 2 N–H and O–H groups in total. The number of amides is 1. The molecule has 0 saturated heterocycles. The van der Waals surface area contributed by atoms with Crippen molar-refractivity contribution in [2.75, 3.05) is 38.3 Å². The van der Waals surface area contributed by atoms with Gasteiger partial charge < -0.3 is 19.5 Å². The van der Waals surface area contributed by atoms with Crippen LogP contribution in [0.5, 0.6) is 5.75 Å². The number of hydrogen-bond acceptors (Lipinski definition) is 7. The zero-order valence-corrected chi connectivity index (χ0v) is 30.4. The number of halogens is 1. The monoisotopic (exact) mass is 718 g/mol. The van der Waals surface area contributed by atoms with Crippen molar-refractivity contribution in [3.8, 4) is 5.75 Å². The Labute approximate surface area is 300 Å². The van der Waals surface area contributed by atoms with E-state index in [9.17, 15) is 18.3 Å². The van der Waals surface area contributed by atoms with E-state index in [1.807, 2.05) is 55.5 Å². The predicted octanol–water partition coefficient (Wildman–Crippen LogP) is 6.48. The maximum absolute atomic E-state index is 14.1. The second-order valence-electron chi connectivity index (χ2n) is 14.9. The van der Waals surface area contributed by atoms with Crippen LogP contribution < -0.4 is 14.4 Å². The van der Waals surface area contributed by atoms with Gasteiger partial charge in [-0.15, -0.1) is 0 Å². The highest BCUT2D eigenvalue weighted by Gasteiger charge is 2.49. The molecule has 7 rings (SSSR count). The number of aryl methyl sites for hydroxylation is 1. The summed E-state index contributed by atoms with van der Waals surface area (Å²) in [6.45, 7) is 3.52. The van der Waals surface area contributed by atoms with Gasteiger partial charge >= 0.3 is 0 Å². The maximum atomic E-state index is 14.1. The number of aliphatic hydroxyl groups excluding tert-OH is 1. The van der Waals surface area contributed by atoms with E-state index in [0.29, 0.717) is 31.9 Å². The number of sulfonamides is 1. The lowest BCUT2D eigenvalue weighted by Gasteiger charge is -2.50. The Hall–Kier alpha value is -3.37. The highest BCUT2D eigenvalue weighted by molar-refractivity contribution is 7.90. The van der Waals surface area contributed by atoms with Crippen LogP contribution in [0.15, 0.2) is 78.9 Å². The molecule has 50 heavy (non-hydrogen) atoms. The van der Waals surface area contributed by atoms with E-state index in [0.717, 1.165) is 48.4 Å². The number of ether oxygens (including phenoxy) is 2. The first-order valence-corrected chi connectivity index (χ1v) is 19.7. The first-order valence-electron chi connectivity index (χ1n) is 17.8. The largest absolute Gasteiger partial charge is 0.490 e. The minimum atomic E-state index is -4.12. The van der Waals surface area contributed by atoms with Gasteiger partial charge in [-0.3, -0.25) is 4.79 Å². The van der Waals surface area contributed by atoms with Gasteiger partial charge in [0.15, 0.2) is 0 Å². The number of carbonyl (C=O) groups is 1. The van der Waals surface area contributed by atoms with Crippen molar-refractivity contribution in [2.24, 2.45) is 17.8 Å². The lowest BCUT2D eigenvalue weighted by molar-refractivity contribution is -0.103. The summed E-state index contributed by atoms with van der Waals surface area (Å²) in [5.74, 6) is -0.0757. The van der Waals surface area contributed by atoms with Crippen LogP contribution in [-0.4, -0.2) is 63.7 Å². The van der Waals surface area contributed by atoms with Gasteiger partial charge in [-0.05, 0) is 110 Å². The van der Waals surface area contributed by atoms with Crippen molar-refractivity contribution < 1.29 is 27.8 Å². The van der Waals surface area contributed by atoms with E-state index in [4.69, 9.17) is 21.1 Å². The van der Waals surface area contributed by atoms with Crippen LogP contribution in [0.2, 0.25) is 5.02 Å². The zero-order valence-electron chi connectivity index (χ0n) is 28.8. The van der Waals surface area contributed by atoms with Crippen LogP contribution in [0.3, 0.4) is 0 Å². The molecule has 1 spiro atoms. The summed E-state index contributed by atoms with van der Waals surface area (Å²) in [5, 5.41) is 10.7. The molecule has 2 heterocycles. The molecule has 0 aromatic heterocycles. The number of aliphatic hydroxyl groups is 1. The van der Waals surface area contributed by atoms with Gasteiger partial charge in [0, 0.05) is 36.2 Å². The normalized spacial score (nSPS) is 31.3. The number of hydrogen-bond donors (Lipinski definition) is 2. The lowest BCUT2D eigenvalue weighted by Crippen LogP contribution is -2.54. The number of anilines is 1. The van der Waals surface area contributed by atoms with E-state index < -0.39 is 26.8 Å². The van der Waals surface area contributed by atoms with Crippen molar-refractivity contribution in [1.82, 2.24) is 4.72 Å². The molecule has 4 aliphatic rings. The van der Waals surface area contributed by atoms with Crippen LogP contribution in [0, 0.1) is 17.8 Å². The zero-order chi connectivity index (χ0) is 35.1. The summed E-state index contributed by atoms with van der Waals surface area (Å²) >= 11 is 6.45. The van der Waals surface area contributed by atoms with Gasteiger partial charge in [0.25, 0.3) is 5.91 Å². The van der Waals surface area contributed by atoms with Crippen LogP contribution in [0.4, 0.5) is 5.69 Å². The number of carbonyl (C=O) groups excluding carboxylic acids is 1. The van der Waals surface area contributed by atoms with Crippen LogP contribution >= 0.6 is 11.6 Å². The molecular weight excluding hydrogens is 672 g/mol. The molecule has 0 radical (unpaired) electrons. The standard InChI is InChI=1S/C40H47ClN2O6S/c1-27-8-6-19-40(25-44,48-2)34-15-12-31(34)23-43-24-39(18-7-11-29-21-32(41)14-16-33(29)39)26-49-36-17-13-30(22-35(36)43)38(45)42-50(46,47)37(27)20-28-9-4-3-5-10-28/h3-6,9-10,13-14,16-17,19,21-22,27,31,34,37,44H,7-8,11-12,15,18,20,23-26H2,1-2H3,(H,42,45)/b19-6+/t27-,31-,34+,37+,39-,40-/m0/s1. The Morgan fingerprint density at radius 3 is 2.66 bits per heavy atom. The fraction of sp³-hybridized carbons (Fsp3) is 0.475.